The summed E-state index contributed by atoms with van der Waals surface area (Å²) in [6.45, 7) is 5.93. The van der Waals surface area contributed by atoms with Crippen molar-refractivity contribution in [2.75, 3.05) is 26.7 Å². The Morgan fingerprint density at radius 2 is 1.83 bits per heavy atom. The van der Waals surface area contributed by atoms with Crippen LogP contribution in [0.1, 0.15) is 39.0 Å². The van der Waals surface area contributed by atoms with Crippen molar-refractivity contribution in [2.45, 2.75) is 39.0 Å². The Balaban J connectivity index is 2.37. The minimum atomic E-state index is 0.924. The van der Waals surface area contributed by atoms with Gasteiger partial charge in [0.05, 0.1) is 7.11 Å². The number of hydrogen-bond acceptors (Lipinski definition) is 1. The summed E-state index contributed by atoms with van der Waals surface area (Å²) in [5, 5.41) is 0. The van der Waals surface area contributed by atoms with Gasteiger partial charge in [-0.3, -0.25) is 0 Å². The maximum absolute atomic E-state index is 5.62. The third-order valence-electron chi connectivity index (χ3n) is 2.94. The van der Waals surface area contributed by atoms with Gasteiger partial charge < -0.3 is 0 Å². The fourth-order valence-electron chi connectivity index (χ4n) is 2.03. The van der Waals surface area contributed by atoms with Gasteiger partial charge in [0.2, 0.25) is 0 Å². The summed E-state index contributed by atoms with van der Waals surface area (Å²) in [5.74, 6) is 0. The molecule has 1 rings (SSSR count). The first-order chi connectivity index (χ1) is 5.83. The lowest BCUT2D eigenvalue weighted by Crippen LogP contribution is -2.50. The number of hydrogen-bond donors (Lipinski definition) is 0. The number of likely N-dealkylation sites (tertiary alicyclic amines) is 1. The van der Waals surface area contributed by atoms with Crippen LogP contribution >= 0.6 is 0 Å². The average Bonchev–Trinajstić information content (AvgIpc) is 2.16. The SMILES string of the molecule is CCCC[N+]1(OC)CCCCC1. The highest BCUT2D eigenvalue weighted by atomic mass is 16.7. The van der Waals surface area contributed by atoms with Crippen LogP contribution in [0, 0.1) is 0 Å². The molecular weight excluding hydrogens is 150 g/mol. The summed E-state index contributed by atoms with van der Waals surface area (Å²) in [6.07, 6.45) is 6.67. The van der Waals surface area contributed by atoms with Crippen LogP contribution in [0.3, 0.4) is 0 Å². The molecule has 0 unspecified atom stereocenters. The Bertz CT molecular complexity index is 119. The molecule has 0 aromatic heterocycles. The van der Waals surface area contributed by atoms with E-state index in [1.54, 1.807) is 0 Å². The molecule has 0 amide bonds. The van der Waals surface area contributed by atoms with Crippen molar-refractivity contribution in [3.05, 3.63) is 0 Å². The van der Waals surface area contributed by atoms with E-state index in [1.165, 1.54) is 51.7 Å². The molecule has 0 atom stereocenters. The largest absolute Gasteiger partial charge is 0.206 e. The number of hydroxylamine groups is 3. The van der Waals surface area contributed by atoms with Gasteiger partial charge in [-0.2, -0.15) is 4.65 Å². The van der Waals surface area contributed by atoms with Gasteiger partial charge in [0.15, 0.2) is 0 Å². The molecule has 0 aromatic rings. The quantitative estimate of drug-likeness (QED) is 0.591. The molecule has 1 aliphatic rings. The number of unbranched alkanes of at least 4 members (excludes halogenated alkanes) is 1. The topological polar surface area (TPSA) is 9.23 Å². The standard InChI is InChI=1S/C10H22NO/c1-3-4-8-11(12-2)9-6-5-7-10-11/h3-10H2,1-2H3/q+1. The first-order valence-corrected chi connectivity index (χ1v) is 5.25. The van der Waals surface area contributed by atoms with Crippen molar-refractivity contribution < 1.29 is 9.48 Å². The number of nitrogens with zero attached hydrogens (tertiary/aromatic N) is 1. The van der Waals surface area contributed by atoms with Crippen LogP contribution < -0.4 is 0 Å². The molecule has 0 N–H and O–H groups in total. The molecule has 1 fully saturated rings. The molecule has 1 aliphatic heterocycles. The fraction of sp³-hybridized carbons (Fsp3) is 1.00. The average molecular weight is 172 g/mol. The van der Waals surface area contributed by atoms with Crippen LogP contribution in [0.5, 0.6) is 0 Å². The molecule has 1 heterocycles. The second-order valence-electron chi connectivity index (χ2n) is 3.83. The first-order valence-electron chi connectivity index (χ1n) is 5.25. The molecule has 0 saturated carbocycles. The minimum absolute atomic E-state index is 0.924. The molecule has 0 aromatic carbocycles. The van der Waals surface area contributed by atoms with Gasteiger partial charge in [-0.1, -0.05) is 13.3 Å². The first kappa shape index (κ1) is 10.0. The Kier molecular flexibility index (Phi) is 4.02. The molecule has 2 heteroatoms. The van der Waals surface area contributed by atoms with Crippen molar-refractivity contribution in [3.63, 3.8) is 0 Å². The highest BCUT2D eigenvalue weighted by molar-refractivity contribution is 4.49. The van der Waals surface area contributed by atoms with E-state index in [1.807, 2.05) is 7.11 Å². The Morgan fingerprint density at radius 3 is 2.33 bits per heavy atom. The van der Waals surface area contributed by atoms with Crippen LogP contribution in [0.2, 0.25) is 0 Å². The maximum atomic E-state index is 5.62. The predicted molar refractivity (Wildman–Crippen MR) is 50.6 cm³/mol. The van der Waals surface area contributed by atoms with Crippen molar-refractivity contribution in [1.29, 1.82) is 0 Å². The summed E-state index contributed by atoms with van der Waals surface area (Å²) in [6, 6.07) is 0. The molecule has 1 saturated heterocycles. The summed E-state index contributed by atoms with van der Waals surface area (Å²) in [7, 11) is 1.86. The Labute approximate surface area is 76.1 Å². The zero-order valence-corrected chi connectivity index (χ0v) is 8.51. The lowest BCUT2D eigenvalue weighted by molar-refractivity contribution is -1.10. The zero-order chi connectivity index (χ0) is 8.86. The summed E-state index contributed by atoms with van der Waals surface area (Å²) in [5.41, 5.74) is 0. The van der Waals surface area contributed by atoms with E-state index in [0.29, 0.717) is 0 Å². The molecule has 2 nitrogen and oxygen atoms in total. The molecular formula is C10H22NO+. The second-order valence-corrected chi connectivity index (χ2v) is 3.83. The van der Waals surface area contributed by atoms with Crippen LogP contribution in [0.15, 0.2) is 0 Å². The minimum Gasteiger partial charge on any atom is -0.206 e. The van der Waals surface area contributed by atoms with Crippen molar-refractivity contribution in [2.24, 2.45) is 0 Å². The highest BCUT2D eigenvalue weighted by Gasteiger charge is 2.29. The number of piperidine rings is 1. The van der Waals surface area contributed by atoms with Crippen molar-refractivity contribution in [1.82, 2.24) is 0 Å². The lowest BCUT2D eigenvalue weighted by atomic mass is 10.1. The molecule has 0 bridgehead atoms. The van der Waals surface area contributed by atoms with Crippen molar-refractivity contribution >= 4 is 0 Å². The monoisotopic (exact) mass is 172 g/mol. The van der Waals surface area contributed by atoms with Crippen LogP contribution in [0.25, 0.3) is 0 Å². The summed E-state index contributed by atoms with van der Waals surface area (Å²) < 4.78 is 0.924. The van der Waals surface area contributed by atoms with E-state index < -0.39 is 0 Å². The van der Waals surface area contributed by atoms with E-state index in [4.69, 9.17) is 4.84 Å². The predicted octanol–water partition coefficient (Wildman–Crippen LogP) is 2.35. The Hall–Kier alpha value is -0.0800. The Morgan fingerprint density at radius 1 is 1.17 bits per heavy atom. The van der Waals surface area contributed by atoms with E-state index in [2.05, 4.69) is 6.92 Å². The van der Waals surface area contributed by atoms with Gasteiger partial charge in [0.25, 0.3) is 0 Å². The highest BCUT2D eigenvalue weighted by Crippen LogP contribution is 2.19. The van der Waals surface area contributed by atoms with E-state index in [9.17, 15) is 0 Å². The van der Waals surface area contributed by atoms with Crippen LogP contribution in [-0.2, 0) is 4.84 Å². The summed E-state index contributed by atoms with van der Waals surface area (Å²) in [4.78, 5) is 5.62. The maximum Gasteiger partial charge on any atom is 0.109 e. The molecule has 0 spiro atoms. The molecule has 72 valence electrons. The fourth-order valence-corrected chi connectivity index (χ4v) is 2.03. The van der Waals surface area contributed by atoms with E-state index in [0.717, 1.165) is 4.65 Å². The number of quaternary nitrogens is 1. The van der Waals surface area contributed by atoms with Gasteiger partial charge in [-0.15, -0.1) is 0 Å². The third-order valence-corrected chi connectivity index (χ3v) is 2.94. The smallest absolute Gasteiger partial charge is 0.109 e. The normalized spacial score (nSPS) is 22.5. The van der Waals surface area contributed by atoms with Crippen LogP contribution in [0.4, 0.5) is 0 Å². The molecule has 0 radical (unpaired) electrons. The van der Waals surface area contributed by atoms with Crippen LogP contribution in [-0.4, -0.2) is 31.4 Å². The molecule has 12 heavy (non-hydrogen) atoms. The van der Waals surface area contributed by atoms with Gasteiger partial charge in [0.1, 0.15) is 19.6 Å². The van der Waals surface area contributed by atoms with E-state index in [-0.39, 0.29) is 0 Å². The van der Waals surface area contributed by atoms with E-state index >= 15 is 0 Å². The summed E-state index contributed by atoms with van der Waals surface area (Å²) >= 11 is 0. The second kappa shape index (κ2) is 4.83. The zero-order valence-electron chi connectivity index (χ0n) is 8.51. The van der Waals surface area contributed by atoms with Crippen molar-refractivity contribution in [3.8, 4) is 0 Å². The van der Waals surface area contributed by atoms with Gasteiger partial charge in [0, 0.05) is 0 Å². The number of rotatable bonds is 4. The van der Waals surface area contributed by atoms with Gasteiger partial charge >= 0.3 is 0 Å². The molecule has 0 aliphatic carbocycles. The lowest BCUT2D eigenvalue weighted by Gasteiger charge is -2.37. The van der Waals surface area contributed by atoms with Gasteiger partial charge in [-0.05, 0) is 25.7 Å². The van der Waals surface area contributed by atoms with Gasteiger partial charge in [-0.25, -0.2) is 4.84 Å². The third kappa shape index (κ3) is 2.46.